The summed E-state index contributed by atoms with van der Waals surface area (Å²) in [5, 5.41) is 27.7. The summed E-state index contributed by atoms with van der Waals surface area (Å²) in [6.07, 6.45) is -2.09. The largest absolute Gasteiger partial charge is 0.387 e. The molecule has 4 aromatic carbocycles. The topological polar surface area (TPSA) is 53.0 Å². The van der Waals surface area contributed by atoms with Gasteiger partial charge in [-0.15, -0.1) is 0 Å². The fourth-order valence-electron chi connectivity index (χ4n) is 4.50. The van der Waals surface area contributed by atoms with Crippen molar-refractivity contribution in [2.75, 3.05) is 0 Å². The van der Waals surface area contributed by atoms with Gasteiger partial charge in [-0.05, 0) is 43.4 Å². The molecule has 1 aliphatic carbocycles. The van der Waals surface area contributed by atoms with Crippen LogP contribution in [0.5, 0.6) is 0 Å². The molecule has 2 N–H and O–H groups in total. The standard InChI is InChI=1S/C22H16O3/c23-19-17-10-8-15-14-6-5-11-3-1-2-4-12(11)13(14)7-9-16(15)18(17)21-22(25-21)20(19)24/h1-10,19-24H/t19-,20+,21-,22+/m1/s1. The summed E-state index contributed by atoms with van der Waals surface area (Å²) in [7, 11) is 0. The Morgan fingerprint density at radius 2 is 1.36 bits per heavy atom. The van der Waals surface area contributed by atoms with Gasteiger partial charge in [0.05, 0.1) is 0 Å². The summed E-state index contributed by atoms with van der Waals surface area (Å²) in [5.74, 6) is 0. The third-order valence-corrected chi connectivity index (χ3v) is 5.79. The molecule has 0 aromatic heterocycles. The average Bonchev–Trinajstić information content (AvgIpc) is 3.45. The SMILES string of the molecule is O[C@@H]1[C@@H]2O[C@@H]2c2c(ccc3c2ccc2c4ccccc4ccc32)[C@H]1O. The zero-order chi connectivity index (χ0) is 16.7. The van der Waals surface area contributed by atoms with E-state index in [1.54, 1.807) is 0 Å². The highest BCUT2D eigenvalue weighted by molar-refractivity contribution is 6.17. The lowest BCUT2D eigenvalue weighted by Crippen LogP contribution is -2.29. The van der Waals surface area contributed by atoms with E-state index in [0.717, 1.165) is 16.5 Å². The highest BCUT2D eigenvalue weighted by Crippen LogP contribution is 2.53. The van der Waals surface area contributed by atoms with Gasteiger partial charge in [0.15, 0.2) is 0 Å². The van der Waals surface area contributed by atoms with Gasteiger partial charge in [-0.3, -0.25) is 0 Å². The number of benzene rings is 4. The Kier molecular flexibility index (Phi) is 2.53. The van der Waals surface area contributed by atoms with Crippen molar-refractivity contribution in [1.82, 2.24) is 0 Å². The van der Waals surface area contributed by atoms with E-state index in [1.807, 2.05) is 6.07 Å². The zero-order valence-corrected chi connectivity index (χ0v) is 13.4. The lowest BCUT2D eigenvalue weighted by atomic mass is 9.83. The van der Waals surface area contributed by atoms with Crippen LogP contribution in [0.1, 0.15) is 23.3 Å². The summed E-state index contributed by atoms with van der Waals surface area (Å²) < 4.78 is 5.67. The minimum atomic E-state index is -0.879. The van der Waals surface area contributed by atoms with E-state index < -0.39 is 12.2 Å². The van der Waals surface area contributed by atoms with E-state index in [1.165, 1.54) is 26.9 Å². The molecule has 122 valence electrons. The monoisotopic (exact) mass is 328 g/mol. The van der Waals surface area contributed by atoms with Crippen molar-refractivity contribution in [3.05, 3.63) is 71.8 Å². The number of ether oxygens (including phenoxy) is 1. The molecule has 0 radical (unpaired) electrons. The van der Waals surface area contributed by atoms with Gasteiger partial charge in [-0.1, -0.05) is 60.7 Å². The third-order valence-electron chi connectivity index (χ3n) is 5.79. The van der Waals surface area contributed by atoms with Crippen molar-refractivity contribution < 1.29 is 14.9 Å². The Morgan fingerprint density at radius 3 is 2.28 bits per heavy atom. The predicted octanol–water partition coefficient (Wildman–Crippen LogP) is 3.99. The summed E-state index contributed by atoms with van der Waals surface area (Å²) >= 11 is 0. The lowest BCUT2D eigenvalue weighted by molar-refractivity contribution is 0.000106. The second kappa shape index (κ2) is 4.58. The van der Waals surface area contributed by atoms with E-state index >= 15 is 0 Å². The van der Waals surface area contributed by atoms with Gasteiger partial charge in [-0.25, -0.2) is 0 Å². The first-order valence-corrected chi connectivity index (χ1v) is 8.62. The highest BCUT2D eigenvalue weighted by Gasteiger charge is 2.54. The van der Waals surface area contributed by atoms with Crippen molar-refractivity contribution >= 4 is 32.3 Å². The minimum Gasteiger partial charge on any atom is -0.387 e. The van der Waals surface area contributed by atoms with E-state index in [0.29, 0.717) is 0 Å². The van der Waals surface area contributed by atoms with Crippen LogP contribution in [-0.2, 0) is 4.74 Å². The Balaban J connectivity index is 1.73. The van der Waals surface area contributed by atoms with Crippen LogP contribution in [0.2, 0.25) is 0 Å². The van der Waals surface area contributed by atoms with Gasteiger partial charge >= 0.3 is 0 Å². The summed E-state index contributed by atoms with van der Waals surface area (Å²) in [6, 6.07) is 21.0. The molecular formula is C22H16O3. The number of hydrogen-bond acceptors (Lipinski definition) is 3. The maximum absolute atomic E-state index is 10.4. The molecule has 0 amide bonds. The van der Waals surface area contributed by atoms with E-state index in [9.17, 15) is 10.2 Å². The predicted molar refractivity (Wildman–Crippen MR) is 97.5 cm³/mol. The van der Waals surface area contributed by atoms with E-state index in [4.69, 9.17) is 4.74 Å². The van der Waals surface area contributed by atoms with Crippen LogP contribution >= 0.6 is 0 Å². The molecule has 1 fully saturated rings. The van der Waals surface area contributed by atoms with Crippen LogP contribution in [0.15, 0.2) is 60.7 Å². The summed E-state index contributed by atoms with van der Waals surface area (Å²) in [6.45, 7) is 0. The first-order valence-electron chi connectivity index (χ1n) is 8.62. The van der Waals surface area contributed by atoms with Crippen molar-refractivity contribution in [3.63, 3.8) is 0 Å². The van der Waals surface area contributed by atoms with Gasteiger partial charge < -0.3 is 14.9 Å². The normalized spacial score (nSPS) is 27.4. The summed E-state index contributed by atoms with van der Waals surface area (Å²) in [5.41, 5.74) is 1.83. The maximum Gasteiger partial charge on any atom is 0.118 e. The molecule has 4 aromatic rings. The number of rotatable bonds is 0. The van der Waals surface area contributed by atoms with Crippen molar-refractivity contribution in [2.24, 2.45) is 0 Å². The third kappa shape index (κ3) is 1.70. The lowest BCUT2D eigenvalue weighted by Gasteiger charge is -2.24. The van der Waals surface area contributed by atoms with E-state index in [2.05, 4.69) is 54.6 Å². The van der Waals surface area contributed by atoms with Gasteiger partial charge in [-0.2, -0.15) is 0 Å². The Hall–Kier alpha value is -2.46. The van der Waals surface area contributed by atoms with Crippen molar-refractivity contribution in [1.29, 1.82) is 0 Å². The number of aliphatic hydroxyl groups excluding tert-OH is 2. The quantitative estimate of drug-likeness (QED) is 0.379. The zero-order valence-electron chi connectivity index (χ0n) is 13.4. The molecule has 25 heavy (non-hydrogen) atoms. The molecule has 0 saturated carbocycles. The fraction of sp³-hybridized carbons (Fsp3) is 0.182. The first-order chi connectivity index (χ1) is 12.2. The molecule has 0 bridgehead atoms. The fourth-order valence-corrected chi connectivity index (χ4v) is 4.50. The molecular weight excluding hydrogens is 312 g/mol. The van der Waals surface area contributed by atoms with Crippen LogP contribution in [0.4, 0.5) is 0 Å². The molecule has 3 nitrogen and oxygen atoms in total. The molecule has 3 heteroatoms. The Morgan fingerprint density at radius 1 is 0.680 bits per heavy atom. The molecule has 2 aliphatic rings. The van der Waals surface area contributed by atoms with Crippen LogP contribution in [0, 0.1) is 0 Å². The van der Waals surface area contributed by atoms with Crippen molar-refractivity contribution in [2.45, 2.75) is 24.4 Å². The molecule has 1 saturated heterocycles. The van der Waals surface area contributed by atoms with Crippen LogP contribution in [-0.4, -0.2) is 22.4 Å². The number of epoxide rings is 1. The highest BCUT2D eigenvalue weighted by atomic mass is 16.6. The van der Waals surface area contributed by atoms with Gasteiger partial charge in [0.25, 0.3) is 0 Å². The van der Waals surface area contributed by atoms with E-state index in [-0.39, 0.29) is 12.2 Å². The molecule has 1 aliphatic heterocycles. The molecule has 0 spiro atoms. The number of hydrogen-bond donors (Lipinski definition) is 2. The molecule has 4 atom stereocenters. The number of fused-ring (bicyclic) bond motifs is 9. The van der Waals surface area contributed by atoms with Gasteiger partial charge in [0, 0.05) is 0 Å². The van der Waals surface area contributed by atoms with Crippen LogP contribution in [0.25, 0.3) is 32.3 Å². The molecule has 6 rings (SSSR count). The first kappa shape index (κ1) is 13.8. The van der Waals surface area contributed by atoms with Crippen LogP contribution in [0.3, 0.4) is 0 Å². The Labute approximate surface area is 144 Å². The second-order valence-corrected chi connectivity index (χ2v) is 7.07. The summed E-state index contributed by atoms with van der Waals surface area (Å²) in [4.78, 5) is 0. The second-order valence-electron chi connectivity index (χ2n) is 7.07. The van der Waals surface area contributed by atoms with Crippen molar-refractivity contribution in [3.8, 4) is 0 Å². The molecule has 0 unspecified atom stereocenters. The number of aliphatic hydroxyl groups is 2. The average molecular weight is 328 g/mol. The maximum atomic E-state index is 10.4. The van der Waals surface area contributed by atoms with Gasteiger partial charge in [0.1, 0.15) is 24.4 Å². The molecule has 1 heterocycles. The minimum absolute atomic E-state index is 0.102. The van der Waals surface area contributed by atoms with Gasteiger partial charge in [0.2, 0.25) is 0 Å². The van der Waals surface area contributed by atoms with Crippen LogP contribution < -0.4 is 0 Å². The Bertz CT molecular complexity index is 1180. The smallest absolute Gasteiger partial charge is 0.118 e.